The zero-order chi connectivity index (χ0) is 11.7. The van der Waals surface area contributed by atoms with E-state index in [0.717, 1.165) is 42.8 Å². The Bertz CT molecular complexity index is 373. The molecule has 1 aromatic heterocycles. The highest BCUT2D eigenvalue weighted by Crippen LogP contribution is 2.28. The lowest BCUT2D eigenvalue weighted by molar-refractivity contribution is 0.00616. The van der Waals surface area contributed by atoms with Gasteiger partial charge in [0.05, 0.1) is 11.8 Å². The van der Waals surface area contributed by atoms with Crippen LogP contribution in [0.1, 0.15) is 37.1 Å². The Hall–Kier alpha value is -1.03. The van der Waals surface area contributed by atoms with Crippen molar-refractivity contribution in [3.05, 3.63) is 11.4 Å². The van der Waals surface area contributed by atoms with Gasteiger partial charge in [0.25, 0.3) is 0 Å². The van der Waals surface area contributed by atoms with Crippen molar-refractivity contribution in [2.24, 2.45) is 7.05 Å². The molecule has 1 aliphatic rings. The van der Waals surface area contributed by atoms with E-state index in [1.165, 1.54) is 0 Å². The van der Waals surface area contributed by atoms with E-state index in [9.17, 15) is 5.11 Å². The molecule has 2 atom stereocenters. The van der Waals surface area contributed by atoms with Crippen molar-refractivity contribution < 1.29 is 9.84 Å². The van der Waals surface area contributed by atoms with Gasteiger partial charge in [-0.1, -0.05) is 6.42 Å². The molecule has 2 rings (SSSR count). The van der Waals surface area contributed by atoms with Crippen LogP contribution in [-0.2, 0) is 7.05 Å². The number of rotatable bonds is 2. The van der Waals surface area contributed by atoms with Crippen molar-refractivity contribution in [1.82, 2.24) is 9.78 Å². The molecule has 1 aliphatic carbocycles. The minimum Gasteiger partial charge on any atom is -0.484 e. The second kappa shape index (κ2) is 4.45. The fraction of sp³-hybridized carbons (Fsp3) is 0.750. The Kier molecular flexibility index (Phi) is 3.19. The SMILES string of the molecule is Cc1nn(C)c(C)c1OC1CCCCC1O. The van der Waals surface area contributed by atoms with Crippen molar-refractivity contribution in [3.8, 4) is 5.75 Å². The summed E-state index contributed by atoms with van der Waals surface area (Å²) in [6.07, 6.45) is 3.65. The van der Waals surface area contributed by atoms with Crippen molar-refractivity contribution in [2.45, 2.75) is 51.7 Å². The Balaban J connectivity index is 2.13. The van der Waals surface area contributed by atoms with Crippen LogP contribution in [0, 0.1) is 13.8 Å². The fourth-order valence-corrected chi connectivity index (χ4v) is 2.29. The van der Waals surface area contributed by atoms with Crippen molar-refractivity contribution in [3.63, 3.8) is 0 Å². The highest BCUT2D eigenvalue weighted by Gasteiger charge is 2.26. The quantitative estimate of drug-likeness (QED) is 0.832. The van der Waals surface area contributed by atoms with Gasteiger partial charge in [0, 0.05) is 7.05 Å². The normalized spacial score (nSPS) is 25.8. The molecule has 0 bridgehead atoms. The molecule has 16 heavy (non-hydrogen) atoms. The maximum Gasteiger partial charge on any atom is 0.163 e. The average Bonchev–Trinajstić information content (AvgIpc) is 2.48. The molecule has 0 saturated heterocycles. The molecule has 0 aromatic carbocycles. The van der Waals surface area contributed by atoms with E-state index < -0.39 is 0 Å². The number of nitrogens with zero attached hydrogens (tertiary/aromatic N) is 2. The smallest absolute Gasteiger partial charge is 0.163 e. The number of aliphatic hydroxyl groups is 1. The summed E-state index contributed by atoms with van der Waals surface area (Å²) in [6, 6.07) is 0. The summed E-state index contributed by atoms with van der Waals surface area (Å²) in [6.45, 7) is 3.93. The molecule has 1 heterocycles. The lowest BCUT2D eigenvalue weighted by atomic mass is 9.95. The van der Waals surface area contributed by atoms with Crippen LogP contribution >= 0.6 is 0 Å². The van der Waals surface area contributed by atoms with Crippen LogP contribution in [0.25, 0.3) is 0 Å². The third kappa shape index (κ3) is 2.07. The predicted molar refractivity (Wildman–Crippen MR) is 61.6 cm³/mol. The van der Waals surface area contributed by atoms with E-state index in [-0.39, 0.29) is 12.2 Å². The van der Waals surface area contributed by atoms with Crippen molar-refractivity contribution in [1.29, 1.82) is 0 Å². The highest BCUT2D eigenvalue weighted by molar-refractivity contribution is 5.32. The molecule has 1 saturated carbocycles. The maximum atomic E-state index is 9.87. The number of aromatic nitrogens is 2. The van der Waals surface area contributed by atoms with E-state index in [4.69, 9.17) is 4.74 Å². The zero-order valence-electron chi connectivity index (χ0n) is 10.2. The minimum atomic E-state index is -0.326. The van der Waals surface area contributed by atoms with E-state index in [1.807, 2.05) is 25.6 Å². The highest BCUT2D eigenvalue weighted by atomic mass is 16.5. The summed E-state index contributed by atoms with van der Waals surface area (Å²) in [5.74, 6) is 0.841. The monoisotopic (exact) mass is 224 g/mol. The van der Waals surface area contributed by atoms with Crippen LogP contribution in [0.15, 0.2) is 0 Å². The topological polar surface area (TPSA) is 47.3 Å². The summed E-state index contributed by atoms with van der Waals surface area (Å²) in [7, 11) is 1.91. The first kappa shape index (κ1) is 11.5. The number of aliphatic hydroxyl groups excluding tert-OH is 1. The summed E-state index contributed by atoms with van der Waals surface area (Å²) in [4.78, 5) is 0. The molecule has 1 N–H and O–H groups in total. The second-order valence-electron chi connectivity index (χ2n) is 4.63. The third-order valence-corrected chi connectivity index (χ3v) is 3.38. The van der Waals surface area contributed by atoms with Crippen LogP contribution in [0.5, 0.6) is 5.75 Å². The van der Waals surface area contributed by atoms with E-state index in [1.54, 1.807) is 0 Å². The molecule has 4 heteroatoms. The molecule has 0 amide bonds. The Labute approximate surface area is 96.2 Å². The molecular weight excluding hydrogens is 204 g/mol. The van der Waals surface area contributed by atoms with Crippen LogP contribution in [0.2, 0.25) is 0 Å². The van der Waals surface area contributed by atoms with Gasteiger partial charge in [0.1, 0.15) is 11.8 Å². The molecule has 4 nitrogen and oxygen atoms in total. The van der Waals surface area contributed by atoms with Gasteiger partial charge in [-0.25, -0.2) is 0 Å². The van der Waals surface area contributed by atoms with Gasteiger partial charge in [-0.3, -0.25) is 4.68 Å². The van der Waals surface area contributed by atoms with Crippen LogP contribution in [0.3, 0.4) is 0 Å². The van der Waals surface area contributed by atoms with Gasteiger partial charge in [0.15, 0.2) is 5.75 Å². The standard InChI is InChI=1S/C12H20N2O2/c1-8-12(9(2)14(3)13-8)16-11-7-5-4-6-10(11)15/h10-11,15H,4-7H2,1-3H3. The van der Waals surface area contributed by atoms with Crippen molar-refractivity contribution >= 4 is 0 Å². The largest absolute Gasteiger partial charge is 0.484 e. The fourth-order valence-electron chi connectivity index (χ4n) is 2.29. The van der Waals surface area contributed by atoms with Crippen LogP contribution < -0.4 is 4.74 Å². The van der Waals surface area contributed by atoms with E-state index in [2.05, 4.69) is 5.10 Å². The molecule has 1 aromatic rings. The van der Waals surface area contributed by atoms with Gasteiger partial charge in [0.2, 0.25) is 0 Å². The number of hydrogen-bond acceptors (Lipinski definition) is 3. The summed E-state index contributed by atoms with van der Waals surface area (Å²) < 4.78 is 7.74. The van der Waals surface area contributed by atoms with Crippen LogP contribution in [0.4, 0.5) is 0 Å². The Morgan fingerprint density at radius 2 is 2.00 bits per heavy atom. The molecular formula is C12H20N2O2. The third-order valence-electron chi connectivity index (χ3n) is 3.38. The zero-order valence-corrected chi connectivity index (χ0v) is 10.2. The molecule has 2 unspecified atom stereocenters. The van der Waals surface area contributed by atoms with E-state index in [0.29, 0.717) is 0 Å². The number of aryl methyl sites for hydroxylation is 2. The Morgan fingerprint density at radius 3 is 2.56 bits per heavy atom. The first-order valence-electron chi connectivity index (χ1n) is 5.94. The summed E-state index contributed by atoms with van der Waals surface area (Å²) >= 11 is 0. The van der Waals surface area contributed by atoms with Crippen molar-refractivity contribution in [2.75, 3.05) is 0 Å². The lowest BCUT2D eigenvalue weighted by Gasteiger charge is -2.28. The van der Waals surface area contributed by atoms with Crippen LogP contribution in [-0.4, -0.2) is 27.1 Å². The minimum absolute atomic E-state index is 0.0599. The Morgan fingerprint density at radius 1 is 1.31 bits per heavy atom. The molecule has 1 fully saturated rings. The average molecular weight is 224 g/mol. The lowest BCUT2D eigenvalue weighted by Crippen LogP contribution is -2.34. The van der Waals surface area contributed by atoms with Gasteiger partial charge >= 0.3 is 0 Å². The molecule has 0 aliphatic heterocycles. The van der Waals surface area contributed by atoms with E-state index >= 15 is 0 Å². The first-order valence-corrected chi connectivity index (χ1v) is 5.94. The first-order chi connectivity index (χ1) is 7.59. The maximum absolute atomic E-state index is 9.87. The number of ether oxygens (including phenoxy) is 1. The van der Waals surface area contributed by atoms with Gasteiger partial charge in [-0.2, -0.15) is 5.10 Å². The number of hydrogen-bond donors (Lipinski definition) is 1. The molecule has 0 spiro atoms. The van der Waals surface area contributed by atoms with Gasteiger partial charge in [-0.05, 0) is 33.1 Å². The van der Waals surface area contributed by atoms with Gasteiger partial charge < -0.3 is 9.84 Å². The summed E-state index contributed by atoms with van der Waals surface area (Å²) in [5.41, 5.74) is 1.92. The molecule has 0 radical (unpaired) electrons. The summed E-state index contributed by atoms with van der Waals surface area (Å²) in [5, 5.41) is 14.2. The second-order valence-corrected chi connectivity index (χ2v) is 4.63. The van der Waals surface area contributed by atoms with Gasteiger partial charge in [-0.15, -0.1) is 0 Å². The molecule has 90 valence electrons. The predicted octanol–water partition coefficient (Wildman–Crippen LogP) is 1.72.